The Morgan fingerprint density at radius 3 is 2.78 bits per heavy atom. The Labute approximate surface area is 109 Å². The highest BCUT2D eigenvalue weighted by molar-refractivity contribution is 5.73. The summed E-state index contributed by atoms with van der Waals surface area (Å²) >= 11 is 0. The summed E-state index contributed by atoms with van der Waals surface area (Å²) in [5.41, 5.74) is 5.03. The fourth-order valence-corrected chi connectivity index (χ4v) is 2.19. The van der Waals surface area contributed by atoms with E-state index >= 15 is 0 Å². The summed E-state index contributed by atoms with van der Waals surface area (Å²) in [5, 5.41) is 12.8. The van der Waals surface area contributed by atoms with Crippen LogP contribution in [0.15, 0.2) is 0 Å². The predicted octanol–water partition coefficient (Wildman–Crippen LogP) is 0.552. The van der Waals surface area contributed by atoms with Crippen molar-refractivity contribution >= 4 is 5.91 Å². The Morgan fingerprint density at radius 1 is 1.39 bits per heavy atom. The molecular formula is C13H26N2O3. The van der Waals surface area contributed by atoms with Crippen LogP contribution in [-0.2, 0) is 9.53 Å². The van der Waals surface area contributed by atoms with Gasteiger partial charge in [-0.05, 0) is 25.8 Å². The van der Waals surface area contributed by atoms with Crippen molar-refractivity contribution in [2.45, 2.75) is 57.2 Å². The molecule has 0 spiro atoms. The fraction of sp³-hybridized carbons (Fsp3) is 0.923. The Bertz CT molecular complexity index is 230. The molecule has 1 aliphatic carbocycles. The Morgan fingerprint density at radius 2 is 2.11 bits per heavy atom. The van der Waals surface area contributed by atoms with E-state index in [9.17, 15) is 9.90 Å². The van der Waals surface area contributed by atoms with Crippen molar-refractivity contribution < 1.29 is 14.6 Å². The number of hydrogen-bond donors (Lipinski definition) is 3. The molecule has 18 heavy (non-hydrogen) atoms. The molecule has 0 aromatic rings. The van der Waals surface area contributed by atoms with Crippen LogP contribution < -0.4 is 11.1 Å². The SMILES string of the molecule is NC(=O)CCCNCC(O)COC1CCCCC1. The summed E-state index contributed by atoms with van der Waals surface area (Å²) in [7, 11) is 0. The van der Waals surface area contributed by atoms with Gasteiger partial charge < -0.3 is 20.9 Å². The molecule has 106 valence electrons. The third-order valence-corrected chi connectivity index (χ3v) is 3.23. The van der Waals surface area contributed by atoms with Crippen molar-refractivity contribution in [1.82, 2.24) is 5.32 Å². The number of carbonyl (C=O) groups is 1. The molecule has 1 rings (SSSR count). The lowest BCUT2D eigenvalue weighted by molar-refractivity contribution is -0.118. The lowest BCUT2D eigenvalue weighted by Gasteiger charge is -2.23. The molecule has 1 aliphatic rings. The van der Waals surface area contributed by atoms with Gasteiger partial charge in [0.15, 0.2) is 0 Å². The molecule has 1 unspecified atom stereocenters. The molecule has 0 aliphatic heterocycles. The minimum Gasteiger partial charge on any atom is -0.389 e. The fourth-order valence-electron chi connectivity index (χ4n) is 2.19. The standard InChI is InChI=1S/C13H26N2O3/c14-13(17)7-4-8-15-9-11(16)10-18-12-5-2-1-3-6-12/h11-12,15-16H,1-10H2,(H2,14,17). The number of ether oxygens (including phenoxy) is 1. The van der Waals surface area contributed by atoms with E-state index in [1.807, 2.05) is 0 Å². The highest BCUT2D eigenvalue weighted by Gasteiger charge is 2.15. The maximum absolute atomic E-state index is 10.5. The van der Waals surface area contributed by atoms with Crippen LogP contribution in [0.4, 0.5) is 0 Å². The minimum atomic E-state index is -0.472. The number of rotatable bonds is 9. The molecule has 0 aromatic heterocycles. The number of amides is 1. The second kappa shape index (κ2) is 9.30. The molecule has 0 saturated heterocycles. The van der Waals surface area contributed by atoms with E-state index in [0.717, 1.165) is 12.8 Å². The van der Waals surface area contributed by atoms with Gasteiger partial charge in [0, 0.05) is 13.0 Å². The molecule has 5 heteroatoms. The van der Waals surface area contributed by atoms with Gasteiger partial charge in [-0.2, -0.15) is 0 Å². The van der Waals surface area contributed by atoms with Crippen molar-refractivity contribution in [1.29, 1.82) is 0 Å². The van der Waals surface area contributed by atoms with Gasteiger partial charge in [-0.3, -0.25) is 4.79 Å². The quantitative estimate of drug-likeness (QED) is 0.527. The maximum atomic E-state index is 10.5. The second-order valence-electron chi connectivity index (χ2n) is 5.02. The van der Waals surface area contributed by atoms with Crippen LogP contribution in [0.25, 0.3) is 0 Å². The van der Waals surface area contributed by atoms with Crippen LogP contribution in [0.3, 0.4) is 0 Å². The largest absolute Gasteiger partial charge is 0.389 e. The molecular weight excluding hydrogens is 232 g/mol. The van der Waals surface area contributed by atoms with Gasteiger partial charge in [0.25, 0.3) is 0 Å². The number of hydrogen-bond acceptors (Lipinski definition) is 4. The van der Waals surface area contributed by atoms with E-state index in [1.165, 1.54) is 19.3 Å². The smallest absolute Gasteiger partial charge is 0.217 e. The summed E-state index contributed by atoms with van der Waals surface area (Å²) in [6.07, 6.45) is 7.01. The molecule has 5 nitrogen and oxygen atoms in total. The van der Waals surface area contributed by atoms with E-state index in [2.05, 4.69) is 5.32 Å². The van der Waals surface area contributed by atoms with Gasteiger partial charge >= 0.3 is 0 Å². The average Bonchev–Trinajstić information content (AvgIpc) is 2.37. The molecule has 1 saturated carbocycles. The van der Waals surface area contributed by atoms with Gasteiger partial charge in [0.05, 0.1) is 18.8 Å². The third kappa shape index (κ3) is 7.63. The van der Waals surface area contributed by atoms with E-state index in [1.54, 1.807) is 0 Å². The number of aliphatic hydroxyl groups is 1. The molecule has 0 heterocycles. The number of nitrogens with two attached hydrogens (primary N) is 1. The molecule has 0 bridgehead atoms. The number of aliphatic hydroxyl groups excluding tert-OH is 1. The van der Waals surface area contributed by atoms with Gasteiger partial charge in [0.1, 0.15) is 0 Å². The first-order chi connectivity index (χ1) is 8.68. The zero-order valence-electron chi connectivity index (χ0n) is 11.1. The molecule has 0 radical (unpaired) electrons. The normalized spacial score (nSPS) is 18.7. The first-order valence-electron chi connectivity index (χ1n) is 6.97. The predicted molar refractivity (Wildman–Crippen MR) is 70.1 cm³/mol. The van der Waals surface area contributed by atoms with Gasteiger partial charge in [-0.15, -0.1) is 0 Å². The van der Waals surface area contributed by atoms with Crippen molar-refractivity contribution in [3.8, 4) is 0 Å². The number of nitrogens with one attached hydrogen (secondary N) is 1. The summed E-state index contributed by atoms with van der Waals surface area (Å²) in [5.74, 6) is -0.280. The average molecular weight is 258 g/mol. The van der Waals surface area contributed by atoms with E-state index in [-0.39, 0.29) is 5.91 Å². The van der Waals surface area contributed by atoms with Crippen LogP contribution in [0.2, 0.25) is 0 Å². The minimum absolute atomic E-state index is 0.280. The zero-order chi connectivity index (χ0) is 13.2. The number of primary amides is 1. The third-order valence-electron chi connectivity index (χ3n) is 3.23. The van der Waals surface area contributed by atoms with E-state index < -0.39 is 6.10 Å². The van der Waals surface area contributed by atoms with Crippen LogP contribution >= 0.6 is 0 Å². The molecule has 1 amide bonds. The second-order valence-corrected chi connectivity index (χ2v) is 5.02. The highest BCUT2D eigenvalue weighted by Crippen LogP contribution is 2.20. The first kappa shape index (κ1) is 15.4. The van der Waals surface area contributed by atoms with E-state index in [0.29, 0.717) is 38.6 Å². The van der Waals surface area contributed by atoms with Crippen molar-refractivity contribution in [3.63, 3.8) is 0 Å². The van der Waals surface area contributed by atoms with Crippen LogP contribution in [0, 0.1) is 0 Å². The van der Waals surface area contributed by atoms with Crippen molar-refractivity contribution in [2.24, 2.45) is 5.73 Å². The molecule has 0 aromatic carbocycles. The van der Waals surface area contributed by atoms with Crippen LogP contribution in [-0.4, -0.2) is 42.9 Å². The van der Waals surface area contributed by atoms with Gasteiger partial charge in [-0.25, -0.2) is 0 Å². The molecule has 1 fully saturated rings. The summed E-state index contributed by atoms with van der Waals surface area (Å²) in [4.78, 5) is 10.5. The van der Waals surface area contributed by atoms with Gasteiger partial charge in [0.2, 0.25) is 5.91 Å². The Balaban J connectivity index is 1.93. The maximum Gasteiger partial charge on any atom is 0.217 e. The zero-order valence-corrected chi connectivity index (χ0v) is 11.1. The topological polar surface area (TPSA) is 84.6 Å². The molecule has 1 atom stereocenters. The Kier molecular flexibility index (Phi) is 7.96. The van der Waals surface area contributed by atoms with Gasteiger partial charge in [-0.1, -0.05) is 19.3 Å². The summed E-state index contributed by atoms with van der Waals surface area (Å²) in [6, 6.07) is 0. The van der Waals surface area contributed by atoms with E-state index in [4.69, 9.17) is 10.5 Å². The lowest BCUT2D eigenvalue weighted by Crippen LogP contribution is -2.33. The Hall–Kier alpha value is -0.650. The highest BCUT2D eigenvalue weighted by atomic mass is 16.5. The van der Waals surface area contributed by atoms with Crippen molar-refractivity contribution in [2.75, 3.05) is 19.7 Å². The first-order valence-corrected chi connectivity index (χ1v) is 6.97. The van der Waals surface area contributed by atoms with Crippen LogP contribution in [0.5, 0.6) is 0 Å². The molecule has 4 N–H and O–H groups in total. The summed E-state index contributed by atoms with van der Waals surface area (Å²) in [6.45, 7) is 1.60. The number of carbonyl (C=O) groups excluding carboxylic acids is 1. The van der Waals surface area contributed by atoms with Crippen molar-refractivity contribution in [3.05, 3.63) is 0 Å². The lowest BCUT2D eigenvalue weighted by atomic mass is 9.98. The monoisotopic (exact) mass is 258 g/mol. The van der Waals surface area contributed by atoms with Crippen LogP contribution in [0.1, 0.15) is 44.9 Å². The summed E-state index contributed by atoms with van der Waals surface area (Å²) < 4.78 is 5.68.